The fraction of sp³-hybridized carbons (Fsp3) is 0.276. The Labute approximate surface area is 215 Å². The van der Waals surface area contributed by atoms with Gasteiger partial charge in [0.1, 0.15) is 11.3 Å². The lowest BCUT2D eigenvalue weighted by atomic mass is 9.79. The third kappa shape index (κ3) is 4.56. The first-order valence-corrected chi connectivity index (χ1v) is 12.4. The Hall–Kier alpha value is -4.17. The first-order chi connectivity index (χ1) is 17.8. The van der Waals surface area contributed by atoms with E-state index in [1.54, 1.807) is 43.3 Å². The molecule has 2 amide bonds. The number of anilines is 2. The Bertz CT molecular complexity index is 1350. The van der Waals surface area contributed by atoms with Crippen molar-refractivity contribution in [2.45, 2.75) is 38.3 Å². The summed E-state index contributed by atoms with van der Waals surface area (Å²) in [4.78, 5) is 39.2. The molecule has 3 unspecified atom stereocenters. The van der Waals surface area contributed by atoms with Crippen LogP contribution in [-0.2, 0) is 26.3 Å². The monoisotopic (exact) mass is 499 g/mol. The molecular weight excluding hydrogens is 470 g/mol. The number of hydrogen-bond acceptors (Lipinski definition) is 6. The van der Waals surface area contributed by atoms with Gasteiger partial charge in [-0.25, -0.2) is 4.79 Å². The van der Waals surface area contributed by atoms with Crippen molar-refractivity contribution >= 4 is 29.2 Å². The number of esters is 1. The van der Waals surface area contributed by atoms with Crippen LogP contribution in [0.3, 0.4) is 0 Å². The molecule has 0 aliphatic carbocycles. The van der Waals surface area contributed by atoms with E-state index in [9.17, 15) is 19.5 Å². The largest absolute Gasteiger partial charge is 0.508 e. The highest BCUT2D eigenvalue weighted by atomic mass is 16.5. The second-order valence-corrected chi connectivity index (χ2v) is 9.60. The minimum Gasteiger partial charge on any atom is -0.508 e. The molecule has 2 heterocycles. The first kappa shape index (κ1) is 24.5. The maximum Gasteiger partial charge on any atom is 0.338 e. The van der Waals surface area contributed by atoms with E-state index in [1.807, 2.05) is 37.3 Å². The summed E-state index contributed by atoms with van der Waals surface area (Å²) in [6.07, 6.45) is 1.03. The van der Waals surface area contributed by atoms with Crippen molar-refractivity contribution in [2.24, 2.45) is 5.92 Å². The van der Waals surface area contributed by atoms with E-state index in [4.69, 9.17) is 4.74 Å². The molecule has 0 saturated carbocycles. The van der Waals surface area contributed by atoms with E-state index in [-0.39, 0.29) is 30.2 Å². The molecule has 8 nitrogen and oxygen atoms in total. The number of phenolic OH excluding ortho intramolecular Hbond substituents is 1. The van der Waals surface area contributed by atoms with Crippen molar-refractivity contribution in [3.8, 4) is 5.75 Å². The van der Waals surface area contributed by atoms with E-state index in [0.29, 0.717) is 29.8 Å². The van der Waals surface area contributed by atoms with Crippen LogP contribution in [0.2, 0.25) is 0 Å². The highest BCUT2D eigenvalue weighted by molar-refractivity contribution is 6.10. The van der Waals surface area contributed by atoms with Gasteiger partial charge < -0.3 is 20.5 Å². The second kappa shape index (κ2) is 9.71. The minimum absolute atomic E-state index is 0.149. The van der Waals surface area contributed by atoms with Gasteiger partial charge in [0.15, 0.2) is 0 Å². The summed E-state index contributed by atoms with van der Waals surface area (Å²) in [6.45, 7) is 3.98. The standard InChI is InChI=1S/C29H29N3O5/c1-3-37-27(35)19-7-9-20(10-8-19)30-26(34)24-16-21(15-18-5-11-22(33)12-6-18)32-29(24)23-14-17(2)4-13-25(23)31-28(29)36/h4-14,21,24,32-33H,3,15-16H2,1-2H3,(H,30,34)(H,31,36). The van der Waals surface area contributed by atoms with Gasteiger partial charge in [-0.05, 0) is 74.7 Å². The molecule has 37 heavy (non-hydrogen) atoms. The molecule has 190 valence electrons. The predicted octanol–water partition coefficient (Wildman–Crippen LogP) is 3.88. The van der Waals surface area contributed by atoms with Crippen LogP contribution in [0.5, 0.6) is 5.75 Å². The van der Waals surface area contributed by atoms with Crippen LogP contribution < -0.4 is 16.0 Å². The van der Waals surface area contributed by atoms with Crippen molar-refractivity contribution in [3.63, 3.8) is 0 Å². The summed E-state index contributed by atoms with van der Waals surface area (Å²) in [6, 6.07) is 19.1. The van der Waals surface area contributed by atoms with E-state index in [2.05, 4.69) is 16.0 Å². The van der Waals surface area contributed by atoms with Gasteiger partial charge in [0.25, 0.3) is 0 Å². The molecule has 0 bridgehead atoms. The quantitative estimate of drug-likeness (QED) is 0.383. The molecule has 1 saturated heterocycles. The number of hydrogen-bond donors (Lipinski definition) is 4. The topological polar surface area (TPSA) is 117 Å². The number of carbonyl (C=O) groups is 3. The lowest BCUT2D eigenvalue weighted by Crippen LogP contribution is -2.52. The zero-order valence-corrected chi connectivity index (χ0v) is 20.7. The molecule has 3 aromatic rings. The highest BCUT2D eigenvalue weighted by Gasteiger charge is 2.60. The minimum atomic E-state index is -1.21. The van der Waals surface area contributed by atoms with E-state index in [1.165, 1.54) is 0 Å². The van der Waals surface area contributed by atoms with Gasteiger partial charge in [-0.1, -0.05) is 29.8 Å². The third-order valence-corrected chi connectivity index (χ3v) is 7.08. The number of aryl methyl sites for hydroxylation is 1. The molecule has 2 aliphatic rings. The molecule has 4 N–H and O–H groups in total. The van der Waals surface area contributed by atoms with Gasteiger partial charge in [-0.2, -0.15) is 0 Å². The summed E-state index contributed by atoms with van der Waals surface area (Å²) in [7, 11) is 0. The number of amides is 2. The Morgan fingerprint density at radius 1 is 1.08 bits per heavy atom. The number of nitrogens with one attached hydrogen (secondary N) is 3. The SMILES string of the molecule is CCOC(=O)c1ccc(NC(=O)C2CC(Cc3ccc(O)cc3)NC23C(=O)Nc2ccc(C)cc23)cc1. The summed E-state index contributed by atoms with van der Waals surface area (Å²) < 4.78 is 5.02. The summed E-state index contributed by atoms with van der Waals surface area (Å²) in [5.41, 5.74) is 3.16. The predicted molar refractivity (Wildman–Crippen MR) is 139 cm³/mol. The first-order valence-electron chi connectivity index (χ1n) is 12.4. The highest BCUT2D eigenvalue weighted by Crippen LogP contribution is 2.48. The maximum absolute atomic E-state index is 13.7. The number of benzene rings is 3. The molecule has 3 atom stereocenters. The van der Waals surface area contributed by atoms with Crippen LogP contribution >= 0.6 is 0 Å². The van der Waals surface area contributed by atoms with E-state index >= 15 is 0 Å². The molecule has 0 radical (unpaired) electrons. The van der Waals surface area contributed by atoms with Gasteiger partial charge in [-0.3, -0.25) is 14.9 Å². The Balaban J connectivity index is 1.44. The number of carbonyl (C=O) groups excluding carboxylic acids is 3. The fourth-order valence-electron chi connectivity index (χ4n) is 5.36. The van der Waals surface area contributed by atoms with Gasteiger partial charge >= 0.3 is 5.97 Å². The van der Waals surface area contributed by atoms with Gasteiger partial charge in [0.05, 0.1) is 18.1 Å². The molecule has 1 spiro atoms. The smallest absolute Gasteiger partial charge is 0.338 e. The van der Waals surface area contributed by atoms with E-state index < -0.39 is 17.4 Å². The number of phenols is 1. The van der Waals surface area contributed by atoms with Gasteiger partial charge in [0, 0.05) is 23.0 Å². The number of rotatable bonds is 6. The number of aromatic hydroxyl groups is 1. The molecule has 0 aromatic heterocycles. The number of ether oxygens (including phenoxy) is 1. The zero-order chi connectivity index (χ0) is 26.2. The lowest BCUT2D eigenvalue weighted by Gasteiger charge is -2.29. The molecule has 1 fully saturated rings. The average Bonchev–Trinajstić information content (AvgIpc) is 3.39. The van der Waals surface area contributed by atoms with Crippen LogP contribution in [0.1, 0.15) is 40.4 Å². The zero-order valence-electron chi connectivity index (χ0n) is 20.7. The van der Waals surface area contributed by atoms with Crippen LogP contribution in [0.15, 0.2) is 66.7 Å². The van der Waals surface area contributed by atoms with Gasteiger partial charge in [0.2, 0.25) is 11.8 Å². The Kier molecular flexibility index (Phi) is 6.43. The van der Waals surface area contributed by atoms with Gasteiger partial charge in [-0.15, -0.1) is 0 Å². The Morgan fingerprint density at radius 2 is 1.81 bits per heavy atom. The average molecular weight is 500 g/mol. The summed E-state index contributed by atoms with van der Waals surface area (Å²) >= 11 is 0. The molecule has 3 aromatic carbocycles. The van der Waals surface area contributed by atoms with Crippen LogP contribution in [0.25, 0.3) is 0 Å². The molecule has 2 aliphatic heterocycles. The lowest BCUT2D eigenvalue weighted by molar-refractivity contribution is -0.130. The summed E-state index contributed by atoms with van der Waals surface area (Å²) in [5, 5.41) is 19.1. The second-order valence-electron chi connectivity index (χ2n) is 9.60. The third-order valence-electron chi connectivity index (χ3n) is 7.08. The molecule has 8 heteroatoms. The van der Waals surface area contributed by atoms with Crippen molar-refractivity contribution in [1.82, 2.24) is 5.32 Å². The van der Waals surface area contributed by atoms with Crippen LogP contribution in [0.4, 0.5) is 11.4 Å². The summed E-state index contributed by atoms with van der Waals surface area (Å²) in [5.74, 6) is -1.45. The van der Waals surface area contributed by atoms with Crippen LogP contribution in [0, 0.1) is 12.8 Å². The molecule has 5 rings (SSSR count). The van der Waals surface area contributed by atoms with Crippen molar-refractivity contribution in [3.05, 3.63) is 89.0 Å². The molecular formula is C29H29N3O5. The Morgan fingerprint density at radius 3 is 2.51 bits per heavy atom. The van der Waals surface area contributed by atoms with E-state index in [0.717, 1.165) is 16.7 Å². The van der Waals surface area contributed by atoms with Crippen molar-refractivity contribution < 1.29 is 24.2 Å². The van der Waals surface area contributed by atoms with Crippen molar-refractivity contribution in [2.75, 3.05) is 17.2 Å². The normalized spacial score (nSPS) is 21.9. The number of fused-ring (bicyclic) bond motifs is 2. The maximum atomic E-state index is 13.7. The fourth-order valence-corrected chi connectivity index (χ4v) is 5.36. The van der Waals surface area contributed by atoms with Crippen molar-refractivity contribution in [1.29, 1.82) is 0 Å². The van der Waals surface area contributed by atoms with Crippen LogP contribution in [-0.4, -0.2) is 35.5 Å².